The molecule has 9 aromatic carbocycles. The molecule has 296 valence electrons. The van der Waals surface area contributed by atoms with Gasteiger partial charge in [0.1, 0.15) is 17.3 Å². The van der Waals surface area contributed by atoms with Crippen LogP contribution in [0.3, 0.4) is 0 Å². The Balaban J connectivity index is 0.983. The fraction of sp³-hybridized carbons (Fsp3) is 0.0175. The minimum Gasteiger partial charge on any atom is -0.456 e. The second-order valence-corrected chi connectivity index (χ2v) is 16.2. The summed E-state index contributed by atoms with van der Waals surface area (Å²) in [4.78, 5) is 10.3. The normalized spacial score (nSPS) is 14.2. The third-order valence-electron chi connectivity index (χ3n) is 12.6. The number of rotatable bonds is 5. The first kappa shape index (κ1) is 35.3. The SMILES string of the molecule is c1ccc(C2=NC(c3ccccc3)NC(n3c4ccccc4c4cc(-c5cccc6oc7ccc(-c8cccc9c%10ccccc%10n(-c%10ccccc%10)c89)cc7c56)ccc43)=N2)cc1. The molecule has 13 rings (SSSR count). The number of amidine groups is 1. The second kappa shape index (κ2) is 14.0. The summed E-state index contributed by atoms with van der Waals surface area (Å²) in [5.74, 6) is 1.42. The smallest absolute Gasteiger partial charge is 0.211 e. The zero-order valence-electron chi connectivity index (χ0n) is 34.0. The van der Waals surface area contributed by atoms with Crippen molar-refractivity contribution in [2.75, 3.05) is 0 Å². The Bertz CT molecular complexity index is 3820. The predicted molar refractivity (Wildman–Crippen MR) is 260 cm³/mol. The third kappa shape index (κ3) is 5.58. The first-order chi connectivity index (χ1) is 31.2. The Hall–Kier alpha value is -8.48. The standard InChI is InChI=1S/C57H37N5O/c1-4-16-36(17-5-1)55-58-56(37-18-6-2-7-19-37)60-57(59-55)62-49-28-13-11-23-44(49)46-34-38(30-32-50(46)62)41-24-15-29-52-53(41)47-35-39(31-33-51(47)63-52)42-25-14-26-45-43-22-10-12-27-48(43)61(54(42)45)40-20-8-3-9-21-40/h1-35,55H,(H,58,59,60). The molecule has 1 N–H and O–H groups in total. The lowest BCUT2D eigenvalue weighted by Gasteiger charge is -2.24. The number of fused-ring (bicyclic) bond motifs is 9. The molecule has 1 aliphatic rings. The number of benzene rings is 9. The molecule has 12 aromatic rings. The molecular weight excluding hydrogens is 771 g/mol. The van der Waals surface area contributed by atoms with E-state index in [2.05, 4.69) is 203 Å². The fourth-order valence-electron chi connectivity index (χ4n) is 9.77. The van der Waals surface area contributed by atoms with Crippen LogP contribution >= 0.6 is 0 Å². The van der Waals surface area contributed by atoms with Crippen LogP contribution in [0, 0.1) is 0 Å². The van der Waals surface area contributed by atoms with Gasteiger partial charge in [-0.05, 0) is 76.9 Å². The highest BCUT2D eigenvalue weighted by molar-refractivity contribution is 6.20. The van der Waals surface area contributed by atoms with Gasteiger partial charge in [0.25, 0.3) is 0 Å². The molecule has 1 aliphatic heterocycles. The Morgan fingerprint density at radius 1 is 0.429 bits per heavy atom. The van der Waals surface area contributed by atoms with Gasteiger partial charge in [0, 0.05) is 49.1 Å². The summed E-state index contributed by atoms with van der Waals surface area (Å²) in [7, 11) is 0. The number of hydrogen-bond acceptors (Lipinski definition) is 4. The largest absolute Gasteiger partial charge is 0.456 e. The van der Waals surface area contributed by atoms with E-state index in [4.69, 9.17) is 14.4 Å². The van der Waals surface area contributed by atoms with Gasteiger partial charge in [-0.1, -0.05) is 158 Å². The molecule has 0 saturated heterocycles. The maximum Gasteiger partial charge on any atom is 0.211 e. The van der Waals surface area contributed by atoms with Crippen LogP contribution in [-0.4, -0.2) is 20.9 Å². The zero-order valence-corrected chi connectivity index (χ0v) is 34.0. The van der Waals surface area contributed by atoms with Gasteiger partial charge in [-0.3, -0.25) is 4.57 Å². The second-order valence-electron chi connectivity index (χ2n) is 16.2. The highest BCUT2D eigenvalue weighted by atomic mass is 16.3. The average Bonchev–Trinajstić information content (AvgIpc) is 4.02. The minimum atomic E-state index is -0.310. The fourth-order valence-corrected chi connectivity index (χ4v) is 9.77. The summed E-state index contributed by atoms with van der Waals surface area (Å²) >= 11 is 0. The topological polar surface area (TPSA) is 59.8 Å². The molecule has 0 fully saturated rings. The molecular formula is C57H37N5O. The lowest BCUT2D eigenvalue weighted by molar-refractivity contribution is 0.661. The van der Waals surface area contributed by atoms with Gasteiger partial charge >= 0.3 is 0 Å². The van der Waals surface area contributed by atoms with Gasteiger partial charge in [0.05, 0.1) is 22.1 Å². The number of para-hydroxylation sites is 4. The molecule has 1 atom stereocenters. The van der Waals surface area contributed by atoms with Gasteiger partial charge in [-0.2, -0.15) is 4.99 Å². The Morgan fingerprint density at radius 3 is 1.84 bits per heavy atom. The summed E-state index contributed by atoms with van der Waals surface area (Å²) in [5.41, 5.74) is 13.9. The van der Waals surface area contributed by atoms with Crippen LogP contribution in [0.2, 0.25) is 0 Å². The summed E-state index contributed by atoms with van der Waals surface area (Å²) in [6, 6.07) is 75.1. The molecule has 0 bridgehead atoms. The first-order valence-electron chi connectivity index (χ1n) is 21.4. The molecule has 6 heteroatoms. The van der Waals surface area contributed by atoms with E-state index in [0.717, 1.165) is 83.2 Å². The van der Waals surface area contributed by atoms with E-state index in [0.29, 0.717) is 5.84 Å². The van der Waals surface area contributed by atoms with Gasteiger partial charge in [-0.25, -0.2) is 4.99 Å². The number of aliphatic imine (C=N–C) groups is 2. The molecule has 0 saturated carbocycles. The molecule has 63 heavy (non-hydrogen) atoms. The van der Waals surface area contributed by atoms with Crippen molar-refractivity contribution in [1.82, 2.24) is 14.5 Å². The number of aromatic nitrogens is 2. The summed E-state index contributed by atoms with van der Waals surface area (Å²) < 4.78 is 11.3. The van der Waals surface area contributed by atoms with Crippen LogP contribution in [0.1, 0.15) is 17.3 Å². The van der Waals surface area contributed by atoms with Crippen molar-refractivity contribution in [3.63, 3.8) is 0 Å². The monoisotopic (exact) mass is 807 g/mol. The van der Waals surface area contributed by atoms with E-state index >= 15 is 0 Å². The van der Waals surface area contributed by atoms with E-state index in [1.807, 2.05) is 24.3 Å². The van der Waals surface area contributed by atoms with Crippen molar-refractivity contribution in [3.05, 3.63) is 223 Å². The van der Waals surface area contributed by atoms with Gasteiger partial charge in [0.2, 0.25) is 5.96 Å². The van der Waals surface area contributed by atoms with Crippen molar-refractivity contribution < 1.29 is 4.42 Å². The van der Waals surface area contributed by atoms with Gasteiger partial charge in [0.15, 0.2) is 5.84 Å². The maximum absolute atomic E-state index is 6.62. The van der Waals surface area contributed by atoms with E-state index in [-0.39, 0.29) is 6.17 Å². The van der Waals surface area contributed by atoms with E-state index < -0.39 is 0 Å². The molecule has 0 spiro atoms. The molecule has 1 unspecified atom stereocenters. The number of furan rings is 1. The van der Waals surface area contributed by atoms with Crippen molar-refractivity contribution in [2.45, 2.75) is 6.17 Å². The summed E-state index contributed by atoms with van der Waals surface area (Å²) in [5, 5.41) is 10.6. The molecule has 0 aliphatic carbocycles. The van der Waals surface area contributed by atoms with Crippen molar-refractivity contribution in [1.29, 1.82) is 0 Å². The number of nitrogens with zero attached hydrogens (tertiary/aromatic N) is 4. The third-order valence-corrected chi connectivity index (χ3v) is 12.6. The predicted octanol–water partition coefficient (Wildman–Crippen LogP) is 14.1. The number of hydrogen-bond donors (Lipinski definition) is 1. The van der Waals surface area contributed by atoms with Crippen molar-refractivity contribution >= 4 is 77.3 Å². The minimum absolute atomic E-state index is 0.310. The van der Waals surface area contributed by atoms with Crippen LogP contribution in [0.25, 0.3) is 93.5 Å². The average molecular weight is 808 g/mol. The van der Waals surface area contributed by atoms with Gasteiger partial charge < -0.3 is 14.3 Å². The molecule has 3 aromatic heterocycles. The lowest BCUT2D eigenvalue weighted by atomic mass is 9.96. The van der Waals surface area contributed by atoms with Crippen LogP contribution in [0.15, 0.2) is 227 Å². The summed E-state index contributed by atoms with van der Waals surface area (Å²) in [6.45, 7) is 0. The molecule has 6 nitrogen and oxygen atoms in total. The van der Waals surface area contributed by atoms with Crippen molar-refractivity contribution in [3.8, 4) is 27.9 Å². The van der Waals surface area contributed by atoms with E-state index in [9.17, 15) is 0 Å². The van der Waals surface area contributed by atoms with E-state index in [1.165, 1.54) is 27.4 Å². The van der Waals surface area contributed by atoms with E-state index in [1.54, 1.807) is 0 Å². The Morgan fingerprint density at radius 2 is 1.03 bits per heavy atom. The maximum atomic E-state index is 6.62. The first-order valence-corrected chi connectivity index (χ1v) is 21.4. The molecule has 0 radical (unpaired) electrons. The van der Waals surface area contributed by atoms with Crippen molar-refractivity contribution in [2.24, 2.45) is 9.98 Å². The Labute approximate surface area is 362 Å². The van der Waals surface area contributed by atoms with Crippen LogP contribution < -0.4 is 5.32 Å². The van der Waals surface area contributed by atoms with Crippen LogP contribution in [0.5, 0.6) is 0 Å². The highest BCUT2D eigenvalue weighted by Crippen LogP contribution is 2.43. The van der Waals surface area contributed by atoms with Crippen LogP contribution in [0.4, 0.5) is 0 Å². The highest BCUT2D eigenvalue weighted by Gasteiger charge is 2.25. The summed E-state index contributed by atoms with van der Waals surface area (Å²) in [6.07, 6.45) is -0.310. The van der Waals surface area contributed by atoms with Crippen LogP contribution in [-0.2, 0) is 0 Å². The molecule has 4 heterocycles. The lowest BCUT2D eigenvalue weighted by Crippen LogP contribution is -2.37. The zero-order chi connectivity index (χ0) is 41.4. The Kier molecular flexibility index (Phi) is 7.87. The van der Waals surface area contributed by atoms with Gasteiger partial charge in [-0.15, -0.1) is 0 Å². The quantitative estimate of drug-likeness (QED) is 0.188. The number of nitrogens with one attached hydrogen (secondary N) is 1. The molecule has 0 amide bonds.